The Morgan fingerprint density at radius 1 is 0.667 bits per heavy atom. The first-order chi connectivity index (χ1) is 20.9. The molecule has 0 aliphatic heterocycles. The summed E-state index contributed by atoms with van der Waals surface area (Å²) in [7, 11) is -8.08. The first-order valence-corrected chi connectivity index (χ1v) is 17.9. The average Bonchev–Trinajstić information content (AvgIpc) is 2.98. The van der Waals surface area contributed by atoms with Crippen LogP contribution in [0.2, 0.25) is 0 Å². The van der Waals surface area contributed by atoms with Gasteiger partial charge in [-0.2, -0.15) is 16.8 Å². The maximum Gasteiger partial charge on any atom is 0.267 e. The maximum absolute atomic E-state index is 12.4. The van der Waals surface area contributed by atoms with E-state index < -0.39 is 54.7 Å². The van der Waals surface area contributed by atoms with Crippen molar-refractivity contribution in [3.8, 4) is 0 Å². The van der Waals surface area contributed by atoms with E-state index in [2.05, 4.69) is 10.6 Å². The number of nitrogens with two attached hydrogens (primary N) is 2. The van der Waals surface area contributed by atoms with Crippen LogP contribution in [0, 0.1) is 10.8 Å². The van der Waals surface area contributed by atoms with Crippen LogP contribution in [-0.4, -0.2) is 78.5 Å². The minimum Gasteiger partial charge on any atom is -0.354 e. The molecule has 2 aromatic carbocycles. The predicted molar refractivity (Wildman–Crippen MR) is 174 cm³/mol. The van der Waals surface area contributed by atoms with E-state index in [1.165, 1.54) is 0 Å². The van der Waals surface area contributed by atoms with Crippen molar-refractivity contribution >= 4 is 32.1 Å². The lowest BCUT2D eigenvalue weighted by Gasteiger charge is -2.25. The molecule has 0 aromatic heterocycles. The first kappa shape index (κ1) is 38.3. The number of nitrogens with one attached hydrogen (secondary N) is 2. The molecule has 2 rings (SSSR count). The van der Waals surface area contributed by atoms with Gasteiger partial charge in [0.25, 0.3) is 20.2 Å². The summed E-state index contributed by atoms with van der Waals surface area (Å²) in [5, 5.41) is 5.47. The van der Waals surface area contributed by atoms with Crippen LogP contribution in [0.4, 0.5) is 0 Å². The van der Waals surface area contributed by atoms with E-state index in [1.54, 1.807) is 27.7 Å². The van der Waals surface area contributed by atoms with Crippen molar-refractivity contribution in [1.82, 2.24) is 10.6 Å². The second-order valence-corrected chi connectivity index (χ2v) is 16.3. The summed E-state index contributed by atoms with van der Waals surface area (Å²) in [5.74, 6) is -1.79. The summed E-state index contributed by atoms with van der Waals surface area (Å²) in [6, 6.07) is 17.2. The topological polar surface area (TPSA) is 197 Å². The zero-order valence-corrected chi connectivity index (χ0v) is 28.2. The number of amides is 2. The number of hydrogen-bond donors (Lipinski definition) is 4. The van der Waals surface area contributed by atoms with Crippen LogP contribution in [0.3, 0.4) is 0 Å². The molecule has 0 radical (unpaired) electrons. The molecule has 0 heterocycles. The number of benzene rings is 2. The van der Waals surface area contributed by atoms with E-state index >= 15 is 0 Å². The Morgan fingerprint density at radius 3 is 1.33 bits per heavy atom. The van der Waals surface area contributed by atoms with Crippen LogP contribution in [0.25, 0.3) is 0 Å². The van der Waals surface area contributed by atoms with E-state index in [9.17, 15) is 26.4 Å². The lowest BCUT2D eigenvalue weighted by molar-refractivity contribution is -0.123. The van der Waals surface area contributed by atoms with Gasteiger partial charge in [0.2, 0.25) is 11.8 Å². The number of carbonyl (C=O) groups is 2. The van der Waals surface area contributed by atoms with Gasteiger partial charge >= 0.3 is 0 Å². The standard InChI is InChI=1S/C31H48N4O8S2/c1-30(2,20-34-28(36)26(32)18-24-12-7-5-8-13-24)22-42-44(38,39)16-11-17-45(40,41)43-23-31(3,4)21-35-29(37)27(33)19-25-14-9-6-10-15-25/h5-10,12-15,26-27H,11,16-23,32-33H2,1-4H3,(H,34,36)(H,35,37)/t26-,27-/m0/s1. The molecule has 2 amide bonds. The molecule has 12 nitrogen and oxygen atoms in total. The molecule has 2 atom stereocenters. The quantitative estimate of drug-likeness (QED) is 0.150. The minimum atomic E-state index is -4.04. The van der Waals surface area contributed by atoms with Crippen molar-refractivity contribution in [2.45, 2.75) is 59.0 Å². The van der Waals surface area contributed by atoms with Gasteiger partial charge in [-0.05, 0) is 30.4 Å². The molecular formula is C31H48N4O8S2. The summed E-state index contributed by atoms with van der Waals surface area (Å²) in [5.41, 5.74) is 12.4. The van der Waals surface area contributed by atoms with E-state index in [0.717, 1.165) is 11.1 Å². The Labute approximate surface area is 267 Å². The third-order valence-corrected chi connectivity index (χ3v) is 9.33. The van der Waals surface area contributed by atoms with Gasteiger partial charge in [-0.3, -0.25) is 18.0 Å². The highest BCUT2D eigenvalue weighted by Gasteiger charge is 2.27. The van der Waals surface area contributed by atoms with Gasteiger partial charge in [0.05, 0.1) is 36.8 Å². The summed E-state index contributed by atoms with van der Waals surface area (Å²) >= 11 is 0. The van der Waals surface area contributed by atoms with Gasteiger partial charge in [-0.1, -0.05) is 88.4 Å². The molecule has 0 unspecified atom stereocenters. The van der Waals surface area contributed by atoms with Crippen molar-refractivity contribution in [3.63, 3.8) is 0 Å². The maximum atomic E-state index is 12.4. The highest BCUT2D eigenvalue weighted by atomic mass is 32.2. The van der Waals surface area contributed by atoms with Gasteiger partial charge in [0, 0.05) is 23.9 Å². The van der Waals surface area contributed by atoms with E-state index in [4.69, 9.17) is 19.8 Å². The second kappa shape index (κ2) is 17.2. The SMILES string of the molecule is CC(C)(CNC(=O)[C@@H](N)Cc1ccccc1)COS(=O)(=O)CCCS(=O)(=O)OCC(C)(C)CNC(=O)[C@@H](N)Cc1ccccc1. The fourth-order valence-electron chi connectivity index (χ4n) is 3.97. The Bertz CT molecular complexity index is 1320. The molecule has 0 saturated heterocycles. The summed E-state index contributed by atoms with van der Waals surface area (Å²) in [6.07, 6.45) is 0.493. The molecule has 14 heteroatoms. The van der Waals surface area contributed by atoms with Gasteiger partial charge in [0.15, 0.2) is 0 Å². The molecule has 0 fully saturated rings. The molecule has 0 bridgehead atoms. The van der Waals surface area contributed by atoms with Crippen LogP contribution < -0.4 is 22.1 Å². The smallest absolute Gasteiger partial charge is 0.267 e. The second-order valence-electron chi connectivity index (χ2n) is 12.8. The lowest BCUT2D eigenvalue weighted by atomic mass is 9.94. The molecule has 0 aliphatic rings. The Kier molecular flexibility index (Phi) is 14.6. The zero-order valence-electron chi connectivity index (χ0n) is 26.5. The molecule has 45 heavy (non-hydrogen) atoms. The minimum absolute atomic E-state index is 0.126. The summed E-state index contributed by atoms with van der Waals surface area (Å²) < 4.78 is 60.0. The van der Waals surface area contributed by atoms with Crippen molar-refractivity contribution in [3.05, 3.63) is 71.8 Å². The van der Waals surface area contributed by atoms with Crippen LogP contribution in [0.5, 0.6) is 0 Å². The number of rotatable bonds is 20. The van der Waals surface area contributed by atoms with Gasteiger partial charge in [0.1, 0.15) is 0 Å². The number of carbonyl (C=O) groups excluding carboxylic acids is 2. The van der Waals surface area contributed by atoms with Crippen LogP contribution >= 0.6 is 0 Å². The van der Waals surface area contributed by atoms with Crippen molar-refractivity contribution in [1.29, 1.82) is 0 Å². The monoisotopic (exact) mass is 668 g/mol. The largest absolute Gasteiger partial charge is 0.354 e. The Hall–Kier alpha value is -2.88. The molecule has 252 valence electrons. The molecule has 6 N–H and O–H groups in total. The predicted octanol–water partition coefficient (Wildman–Crippen LogP) is 1.49. The molecule has 2 aromatic rings. The lowest BCUT2D eigenvalue weighted by Crippen LogP contribution is -2.46. The van der Waals surface area contributed by atoms with E-state index in [1.807, 2.05) is 60.7 Å². The summed E-state index contributed by atoms with van der Waals surface area (Å²) in [6.45, 7) is 6.72. The molecule has 0 saturated carbocycles. The first-order valence-electron chi connectivity index (χ1n) is 14.8. The third kappa shape index (κ3) is 15.8. The van der Waals surface area contributed by atoms with Gasteiger partial charge < -0.3 is 22.1 Å². The fraction of sp³-hybridized carbons (Fsp3) is 0.548. The molecular weight excluding hydrogens is 620 g/mol. The highest BCUT2D eigenvalue weighted by molar-refractivity contribution is 7.87. The Morgan fingerprint density at radius 2 is 1.00 bits per heavy atom. The number of hydrogen-bond acceptors (Lipinski definition) is 10. The van der Waals surface area contributed by atoms with E-state index in [-0.39, 0.29) is 44.5 Å². The molecule has 0 spiro atoms. The van der Waals surface area contributed by atoms with Crippen molar-refractivity contribution in [2.24, 2.45) is 22.3 Å². The fourth-order valence-corrected chi connectivity index (χ4v) is 6.38. The van der Waals surface area contributed by atoms with Crippen molar-refractivity contribution in [2.75, 3.05) is 37.8 Å². The normalized spacial score (nSPS) is 14.0. The van der Waals surface area contributed by atoms with Crippen LogP contribution in [-0.2, 0) is 51.0 Å². The van der Waals surface area contributed by atoms with Crippen LogP contribution in [0.1, 0.15) is 45.2 Å². The zero-order chi connectivity index (χ0) is 33.7. The van der Waals surface area contributed by atoms with Gasteiger partial charge in [-0.15, -0.1) is 0 Å². The average molecular weight is 669 g/mol. The highest BCUT2D eigenvalue weighted by Crippen LogP contribution is 2.18. The van der Waals surface area contributed by atoms with Crippen molar-refractivity contribution < 1.29 is 34.8 Å². The Balaban J connectivity index is 1.70. The third-order valence-electron chi connectivity index (χ3n) is 6.80. The van der Waals surface area contributed by atoms with Crippen LogP contribution in [0.15, 0.2) is 60.7 Å². The molecule has 0 aliphatic carbocycles. The van der Waals surface area contributed by atoms with Gasteiger partial charge in [-0.25, -0.2) is 0 Å². The van der Waals surface area contributed by atoms with E-state index in [0.29, 0.717) is 12.8 Å². The summed E-state index contributed by atoms with van der Waals surface area (Å²) in [4.78, 5) is 24.8.